The van der Waals surface area contributed by atoms with Gasteiger partial charge in [-0.2, -0.15) is 5.10 Å². The minimum atomic E-state index is 0.0367. The first-order chi connectivity index (χ1) is 12.4. The lowest BCUT2D eigenvalue weighted by molar-refractivity contribution is 0.0769. The van der Waals surface area contributed by atoms with Crippen LogP contribution in [0.5, 0.6) is 0 Å². The number of likely N-dealkylation sites (tertiary alicyclic amines) is 1. The largest absolute Gasteiger partial charge is 0.337 e. The van der Waals surface area contributed by atoms with E-state index in [1.807, 2.05) is 9.58 Å². The highest BCUT2D eigenvalue weighted by molar-refractivity contribution is 5.94. The second-order valence-electron chi connectivity index (χ2n) is 8.32. The van der Waals surface area contributed by atoms with E-state index in [1.54, 1.807) is 0 Å². The predicted octanol–water partition coefficient (Wildman–Crippen LogP) is 2.79. The van der Waals surface area contributed by atoms with Crippen molar-refractivity contribution in [1.82, 2.24) is 14.7 Å². The summed E-state index contributed by atoms with van der Waals surface area (Å²) in [6.07, 6.45) is 4.00. The van der Waals surface area contributed by atoms with Gasteiger partial charge in [0, 0.05) is 24.3 Å². The molecular formula is C21H28N4O. The van der Waals surface area contributed by atoms with Crippen LogP contribution in [0.1, 0.15) is 52.6 Å². The van der Waals surface area contributed by atoms with Crippen molar-refractivity contribution in [1.29, 1.82) is 0 Å². The number of benzene rings is 1. The lowest BCUT2D eigenvalue weighted by Crippen LogP contribution is -2.35. The van der Waals surface area contributed by atoms with Crippen LogP contribution >= 0.6 is 0 Å². The second-order valence-corrected chi connectivity index (χ2v) is 8.32. The monoisotopic (exact) mass is 352 g/mol. The summed E-state index contributed by atoms with van der Waals surface area (Å²) in [4.78, 5) is 15.1. The minimum Gasteiger partial charge on any atom is -0.337 e. The molecule has 138 valence electrons. The van der Waals surface area contributed by atoms with E-state index in [0.29, 0.717) is 12.2 Å². The number of nitrogens with zero attached hydrogens (tertiary/aromatic N) is 3. The summed E-state index contributed by atoms with van der Waals surface area (Å²) >= 11 is 0. The summed E-state index contributed by atoms with van der Waals surface area (Å²) in [5.41, 5.74) is 12.5. The third kappa shape index (κ3) is 2.75. The van der Waals surface area contributed by atoms with Crippen molar-refractivity contribution in [2.45, 2.75) is 46.5 Å². The fraction of sp³-hybridized carbons (Fsp3) is 0.524. The average molecular weight is 352 g/mol. The lowest BCUT2D eigenvalue weighted by Gasteiger charge is -2.22. The van der Waals surface area contributed by atoms with Gasteiger partial charge in [0.25, 0.3) is 5.91 Å². The standard InChI is InChI=1S/C21H28N4O/c1-14-7-8-17(15(2)11-14)25-18-6-4-5-16(18)19(23-25)20(26)24-10-9-21(3,12-22)13-24/h7-8,11H,4-6,9-10,12-13,22H2,1-3H3. The number of carbonyl (C=O) groups excluding carboxylic acids is 1. The van der Waals surface area contributed by atoms with Gasteiger partial charge in [-0.05, 0) is 63.1 Å². The molecule has 1 unspecified atom stereocenters. The number of fused-ring (bicyclic) bond motifs is 1. The molecule has 1 aromatic carbocycles. The molecule has 2 aromatic rings. The van der Waals surface area contributed by atoms with Crippen LogP contribution in [0.2, 0.25) is 0 Å². The van der Waals surface area contributed by atoms with E-state index >= 15 is 0 Å². The summed E-state index contributed by atoms with van der Waals surface area (Å²) in [5.74, 6) is 0.0730. The molecule has 1 fully saturated rings. The molecule has 1 aromatic heterocycles. The Kier molecular flexibility index (Phi) is 4.14. The van der Waals surface area contributed by atoms with Gasteiger partial charge in [0.15, 0.2) is 5.69 Å². The quantitative estimate of drug-likeness (QED) is 0.924. The van der Waals surface area contributed by atoms with E-state index in [0.717, 1.165) is 50.0 Å². The predicted molar refractivity (Wildman–Crippen MR) is 103 cm³/mol. The van der Waals surface area contributed by atoms with Gasteiger partial charge in [0.05, 0.1) is 5.69 Å². The number of amides is 1. The van der Waals surface area contributed by atoms with Gasteiger partial charge < -0.3 is 10.6 Å². The van der Waals surface area contributed by atoms with Crippen LogP contribution in [0.25, 0.3) is 5.69 Å². The number of aryl methyl sites for hydroxylation is 2. The maximum Gasteiger partial charge on any atom is 0.274 e. The molecule has 1 amide bonds. The first-order valence-corrected chi connectivity index (χ1v) is 9.60. The van der Waals surface area contributed by atoms with Crippen molar-refractivity contribution in [3.8, 4) is 5.69 Å². The Labute approximate surface area is 155 Å². The highest BCUT2D eigenvalue weighted by atomic mass is 16.2. The van der Waals surface area contributed by atoms with E-state index in [1.165, 1.54) is 16.8 Å². The number of nitrogens with two attached hydrogens (primary N) is 1. The van der Waals surface area contributed by atoms with E-state index in [4.69, 9.17) is 10.8 Å². The van der Waals surface area contributed by atoms with Crippen LogP contribution in [0.4, 0.5) is 0 Å². The molecule has 0 bridgehead atoms. The molecule has 4 rings (SSSR count). The van der Waals surface area contributed by atoms with Gasteiger partial charge in [0.1, 0.15) is 0 Å². The van der Waals surface area contributed by atoms with Crippen molar-refractivity contribution in [2.75, 3.05) is 19.6 Å². The fourth-order valence-electron chi connectivity index (χ4n) is 4.36. The highest BCUT2D eigenvalue weighted by Gasteiger charge is 2.38. The van der Waals surface area contributed by atoms with Gasteiger partial charge >= 0.3 is 0 Å². The Morgan fingerprint density at radius 1 is 1.31 bits per heavy atom. The SMILES string of the molecule is Cc1ccc(-n2nc(C(=O)N3CCC(C)(CN)C3)c3c2CCC3)c(C)c1. The molecule has 1 aliphatic carbocycles. The Balaban J connectivity index is 1.72. The highest BCUT2D eigenvalue weighted by Crippen LogP contribution is 2.33. The zero-order valence-corrected chi connectivity index (χ0v) is 16.0. The minimum absolute atomic E-state index is 0.0367. The smallest absolute Gasteiger partial charge is 0.274 e. The molecule has 2 N–H and O–H groups in total. The van der Waals surface area contributed by atoms with Crippen molar-refractivity contribution < 1.29 is 4.79 Å². The Morgan fingerprint density at radius 3 is 2.81 bits per heavy atom. The molecule has 0 spiro atoms. The summed E-state index contributed by atoms with van der Waals surface area (Å²) < 4.78 is 2.02. The lowest BCUT2D eigenvalue weighted by atomic mass is 9.90. The number of hydrogen-bond acceptors (Lipinski definition) is 3. The Bertz CT molecular complexity index is 869. The van der Waals surface area contributed by atoms with Crippen LogP contribution in [-0.2, 0) is 12.8 Å². The molecule has 2 aliphatic rings. The van der Waals surface area contributed by atoms with Crippen molar-refractivity contribution >= 4 is 5.91 Å². The van der Waals surface area contributed by atoms with Crippen molar-refractivity contribution in [3.05, 3.63) is 46.3 Å². The third-order valence-corrected chi connectivity index (χ3v) is 6.05. The van der Waals surface area contributed by atoms with Crippen molar-refractivity contribution in [2.24, 2.45) is 11.1 Å². The average Bonchev–Trinajstić information content (AvgIpc) is 3.30. The van der Waals surface area contributed by atoms with Crippen molar-refractivity contribution in [3.63, 3.8) is 0 Å². The number of rotatable bonds is 3. The molecule has 0 saturated carbocycles. The molecule has 5 nitrogen and oxygen atoms in total. The second kappa shape index (κ2) is 6.23. The molecule has 1 atom stereocenters. The van der Waals surface area contributed by atoms with E-state index < -0.39 is 0 Å². The van der Waals surface area contributed by atoms with Gasteiger partial charge in [-0.15, -0.1) is 0 Å². The first kappa shape index (κ1) is 17.3. The van der Waals surface area contributed by atoms with Gasteiger partial charge in [0.2, 0.25) is 0 Å². The zero-order valence-electron chi connectivity index (χ0n) is 16.0. The van der Waals surface area contributed by atoms with E-state index in [2.05, 4.69) is 39.0 Å². The number of hydrogen-bond donors (Lipinski definition) is 1. The molecule has 5 heteroatoms. The molecule has 2 heterocycles. The Hall–Kier alpha value is -2.14. The molecule has 26 heavy (non-hydrogen) atoms. The van der Waals surface area contributed by atoms with Crippen LogP contribution in [0, 0.1) is 19.3 Å². The van der Waals surface area contributed by atoms with E-state index in [9.17, 15) is 4.79 Å². The van der Waals surface area contributed by atoms with Gasteiger partial charge in [-0.3, -0.25) is 4.79 Å². The summed E-state index contributed by atoms with van der Waals surface area (Å²) in [6, 6.07) is 6.40. The zero-order chi connectivity index (χ0) is 18.5. The molecular weight excluding hydrogens is 324 g/mol. The molecule has 0 radical (unpaired) electrons. The number of aromatic nitrogens is 2. The van der Waals surface area contributed by atoms with Crippen LogP contribution in [-0.4, -0.2) is 40.2 Å². The summed E-state index contributed by atoms with van der Waals surface area (Å²) in [7, 11) is 0. The van der Waals surface area contributed by atoms with Crippen LogP contribution in [0.3, 0.4) is 0 Å². The molecule has 1 saturated heterocycles. The number of carbonyl (C=O) groups is 1. The third-order valence-electron chi connectivity index (χ3n) is 6.05. The van der Waals surface area contributed by atoms with Gasteiger partial charge in [-0.25, -0.2) is 4.68 Å². The van der Waals surface area contributed by atoms with Gasteiger partial charge in [-0.1, -0.05) is 24.6 Å². The maximum atomic E-state index is 13.2. The fourth-order valence-corrected chi connectivity index (χ4v) is 4.36. The first-order valence-electron chi connectivity index (χ1n) is 9.60. The molecule has 1 aliphatic heterocycles. The normalized spacial score (nSPS) is 22.1. The van der Waals surface area contributed by atoms with Crippen LogP contribution < -0.4 is 5.73 Å². The van der Waals surface area contributed by atoms with Crippen LogP contribution in [0.15, 0.2) is 18.2 Å². The Morgan fingerprint density at radius 2 is 2.12 bits per heavy atom. The maximum absolute atomic E-state index is 13.2. The topological polar surface area (TPSA) is 64.2 Å². The van der Waals surface area contributed by atoms with E-state index in [-0.39, 0.29) is 11.3 Å². The summed E-state index contributed by atoms with van der Waals surface area (Å²) in [6.45, 7) is 8.50. The summed E-state index contributed by atoms with van der Waals surface area (Å²) in [5, 5.41) is 4.80.